The van der Waals surface area contributed by atoms with E-state index in [0.717, 1.165) is 5.01 Å². The van der Waals surface area contributed by atoms with Crippen LogP contribution in [-0.4, -0.2) is 26.2 Å². The zero-order chi connectivity index (χ0) is 6.78. The Hall–Kier alpha value is -0.225. The second-order valence-electron chi connectivity index (χ2n) is 1.60. The molecule has 2 nitrogen and oxygen atoms in total. The SMILES string of the molecule is CN(C)N[B-](F)(F)F. The van der Waals surface area contributed by atoms with Crippen molar-refractivity contribution < 1.29 is 12.9 Å². The van der Waals surface area contributed by atoms with Gasteiger partial charge in [-0.25, -0.2) is 0 Å². The Labute approximate surface area is 45.7 Å². The average molecular weight is 127 g/mol. The van der Waals surface area contributed by atoms with Gasteiger partial charge in [0.15, 0.2) is 0 Å². The fraction of sp³-hybridized carbons (Fsp3) is 1.00. The Kier molecular flexibility index (Phi) is 2.30. The van der Waals surface area contributed by atoms with Crippen molar-refractivity contribution in [3.8, 4) is 0 Å². The molecule has 1 N–H and O–H groups in total. The van der Waals surface area contributed by atoms with E-state index in [2.05, 4.69) is 0 Å². The minimum atomic E-state index is -4.86. The van der Waals surface area contributed by atoms with Crippen LogP contribution in [0, 0.1) is 0 Å². The molecule has 0 amide bonds. The third kappa shape index (κ3) is 5.77. The molecule has 0 aliphatic rings. The van der Waals surface area contributed by atoms with Crippen LogP contribution in [0.15, 0.2) is 0 Å². The first kappa shape index (κ1) is 7.77. The van der Waals surface area contributed by atoms with Crippen molar-refractivity contribution in [2.45, 2.75) is 0 Å². The van der Waals surface area contributed by atoms with E-state index in [1.807, 2.05) is 0 Å². The van der Waals surface area contributed by atoms with E-state index in [1.165, 1.54) is 19.4 Å². The summed E-state index contributed by atoms with van der Waals surface area (Å²) in [6.45, 7) is 0. The van der Waals surface area contributed by atoms with E-state index in [1.54, 1.807) is 0 Å². The van der Waals surface area contributed by atoms with Gasteiger partial charge in [-0.3, -0.25) is 5.01 Å². The van der Waals surface area contributed by atoms with Crippen LogP contribution >= 0.6 is 0 Å². The average Bonchev–Trinajstić information content (AvgIpc) is 1.21. The van der Waals surface area contributed by atoms with Gasteiger partial charge in [0.1, 0.15) is 0 Å². The number of halogens is 3. The van der Waals surface area contributed by atoms with Gasteiger partial charge in [-0.15, -0.1) is 0 Å². The maximum atomic E-state index is 11.2. The van der Waals surface area contributed by atoms with Gasteiger partial charge in [0.25, 0.3) is 0 Å². The second-order valence-corrected chi connectivity index (χ2v) is 1.60. The Morgan fingerprint density at radius 2 is 1.62 bits per heavy atom. The van der Waals surface area contributed by atoms with Crippen LogP contribution in [0.5, 0.6) is 0 Å². The van der Waals surface area contributed by atoms with Crippen LogP contribution in [0.25, 0.3) is 0 Å². The first-order valence-corrected chi connectivity index (χ1v) is 2.06. The van der Waals surface area contributed by atoms with Gasteiger partial charge in [0.05, 0.1) is 0 Å². The van der Waals surface area contributed by atoms with Crippen LogP contribution in [0.2, 0.25) is 0 Å². The molecule has 0 unspecified atom stereocenters. The highest BCUT2D eigenvalue weighted by molar-refractivity contribution is 6.55. The van der Waals surface area contributed by atoms with E-state index in [-0.39, 0.29) is 0 Å². The molecule has 6 heteroatoms. The molecule has 0 aliphatic carbocycles. The zero-order valence-electron chi connectivity index (χ0n) is 4.66. The highest BCUT2D eigenvalue weighted by atomic mass is 19.4. The minimum absolute atomic E-state index is 0.861. The summed E-state index contributed by atoms with van der Waals surface area (Å²) < 4.78 is 33.6. The standard InChI is InChI=1S/C2H7BF3N2/c1-8(2)7-3(4,5)6/h7H,1-2H3/q-1. The lowest BCUT2D eigenvalue weighted by atomic mass is 10.2. The lowest BCUT2D eigenvalue weighted by Crippen LogP contribution is -2.46. The summed E-state index contributed by atoms with van der Waals surface area (Å²) in [6, 6.07) is 0. The van der Waals surface area contributed by atoms with Crippen molar-refractivity contribution in [3.05, 3.63) is 0 Å². The third-order valence-corrected chi connectivity index (χ3v) is 0.405. The fourth-order valence-electron chi connectivity index (χ4n) is 0.293. The molecule has 0 spiro atoms. The first-order chi connectivity index (χ1) is 3.42. The predicted molar refractivity (Wildman–Crippen MR) is 25.9 cm³/mol. The summed E-state index contributed by atoms with van der Waals surface area (Å²) >= 11 is 0. The van der Waals surface area contributed by atoms with Crippen LogP contribution < -0.4 is 5.34 Å². The molecule has 0 rings (SSSR count). The zero-order valence-corrected chi connectivity index (χ0v) is 4.66. The summed E-state index contributed by atoms with van der Waals surface area (Å²) in [5, 5.41) is 2.14. The summed E-state index contributed by atoms with van der Waals surface area (Å²) in [5.74, 6) is 0. The van der Waals surface area contributed by atoms with Crippen molar-refractivity contribution in [2.24, 2.45) is 0 Å². The molecule has 8 heavy (non-hydrogen) atoms. The lowest BCUT2D eigenvalue weighted by molar-refractivity contribution is 0.286. The molecule has 50 valence electrons. The maximum Gasteiger partial charge on any atom is 0.577 e. The summed E-state index contributed by atoms with van der Waals surface area (Å²) in [6.07, 6.45) is 0. The number of rotatable bonds is 2. The van der Waals surface area contributed by atoms with Crippen LogP contribution in [0.3, 0.4) is 0 Å². The number of hydrogen-bond donors (Lipinski definition) is 1. The van der Waals surface area contributed by atoms with Gasteiger partial charge >= 0.3 is 7.11 Å². The van der Waals surface area contributed by atoms with Crippen LogP contribution in [0.4, 0.5) is 12.9 Å². The van der Waals surface area contributed by atoms with Crippen molar-refractivity contribution >= 4 is 7.11 Å². The van der Waals surface area contributed by atoms with E-state index in [0.29, 0.717) is 0 Å². The number of nitrogens with one attached hydrogen (secondary N) is 1. The van der Waals surface area contributed by atoms with Gasteiger partial charge in [0, 0.05) is 0 Å². The Bertz CT molecular complexity index is 70.2. The number of nitrogens with zero attached hydrogens (tertiary/aromatic N) is 1. The highest BCUT2D eigenvalue weighted by Crippen LogP contribution is 2.01. The molecule has 0 aromatic heterocycles. The number of hydrazine groups is 1. The molecule has 0 heterocycles. The largest absolute Gasteiger partial charge is 0.577 e. The first-order valence-electron chi connectivity index (χ1n) is 2.06. The van der Waals surface area contributed by atoms with Gasteiger partial charge in [0.2, 0.25) is 0 Å². The maximum absolute atomic E-state index is 11.2. The predicted octanol–water partition coefficient (Wildman–Crippen LogP) is 0.397. The smallest absolute Gasteiger partial charge is 0.433 e. The van der Waals surface area contributed by atoms with Gasteiger partial charge < -0.3 is 18.3 Å². The van der Waals surface area contributed by atoms with Crippen molar-refractivity contribution in [1.29, 1.82) is 0 Å². The molecule has 0 saturated carbocycles. The molecular weight excluding hydrogens is 120 g/mol. The van der Waals surface area contributed by atoms with Crippen molar-refractivity contribution in [3.63, 3.8) is 0 Å². The van der Waals surface area contributed by atoms with Gasteiger partial charge in [-0.05, 0) is 14.1 Å². The van der Waals surface area contributed by atoms with Crippen molar-refractivity contribution in [1.82, 2.24) is 10.3 Å². The molecule has 0 atom stereocenters. The highest BCUT2D eigenvalue weighted by Gasteiger charge is 2.23. The van der Waals surface area contributed by atoms with Gasteiger partial charge in [-0.2, -0.15) is 0 Å². The second kappa shape index (κ2) is 2.36. The Balaban J connectivity index is 3.39. The monoisotopic (exact) mass is 127 g/mol. The molecule has 0 radical (unpaired) electrons. The van der Waals surface area contributed by atoms with E-state index < -0.39 is 7.11 Å². The molecule has 0 saturated heterocycles. The van der Waals surface area contributed by atoms with E-state index >= 15 is 0 Å². The molecule has 0 aromatic carbocycles. The Morgan fingerprint density at radius 3 is 1.62 bits per heavy atom. The topological polar surface area (TPSA) is 15.3 Å². The van der Waals surface area contributed by atoms with E-state index in [9.17, 15) is 12.9 Å². The third-order valence-electron chi connectivity index (χ3n) is 0.405. The quantitative estimate of drug-likeness (QED) is 0.426. The molecule has 0 fully saturated rings. The van der Waals surface area contributed by atoms with Gasteiger partial charge in [-0.1, -0.05) is 0 Å². The summed E-state index contributed by atoms with van der Waals surface area (Å²) in [5.41, 5.74) is 0. The molecule has 0 aromatic rings. The van der Waals surface area contributed by atoms with Crippen molar-refractivity contribution in [2.75, 3.05) is 14.1 Å². The Morgan fingerprint density at radius 1 is 1.25 bits per heavy atom. The van der Waals surface area contributed by atoms with Crippen LogP contribution in [0.1, 0.15) is 0 Å². The van der Waals surface area contributed by atoms with E-state index in [4.69, 9.17) is 0 Å². The molecular formula is C2H7BF3N2-. The summed E-state index contributed by atoms with van der Waals surface area (Å²) in [7, 11) is -2.29. The fourth-order valence-corrected chi connectivity index (χ4v) is 0.293. The lowest BCUT2D eigenvalue weighted by Gasteiger charge is -2.21. The minimum Gasteiger partial charge on any atom is -0.433 e. The molecule has 0 aliphatic heterocycles. The molecule has 0 bridgehead atoms. The summed E-state index contributed by atoms with van der Waals surface area (Å²) in [4.78, 5) is 0. The number of hydrogen-bond acceptors (Lipinski definition) is 2. The van der Waals surface area contributed by atoms with Crippen LogP contribution in [-0.2, 0) is 0 Å². The normalized spacial score (nSPS) is 12.8.